The summed E-state index contributed by atoms with van der Waals surface area (Å²) in [6.45, 7) is 0. The van der Waals surface area contributed by atoms with E-state index in [-0.39, 0.29) is 5.30 Å². The first kappa shape index (κ1) is 10.4. The molecule has 13 heavy (non-hydrogen) atoms. The second-order valence-electron chi connectivity index (χ2n) is 2.34. The Kier molecular flexibility index (Phi) is 3.20. The number of hydrogen-bond acceptors (Lipinski definition) is 3. The molecule has 1 aromatic rings. The van der Waals surface area contributed by atoms with Crippen LogP contribution in [0.2, 0.25) is 0 Å². The van der Waals surface area contributed by atoms with E-state index in [0.29, 0.717) is 0 Å². The summed E-state index contributed by atoms with van der Waals surface area (Å²) < 4.78 is 33.8. The number of halogens is 1. The van der Waals surface area contributed by atoms with E-state index in [9.17, 15) is 8.96 Å². The molecule has 0 aliphatic carbocycles. The summed E-state index contributed by atoms with van der Waals surface area (Å²) in [7, 11) is -0.782. The normalized spacial score (nSPS) is 11.6. The van der Waals surface area contributed by atoms with Gasteiger partial charge in [-0.3, -0.25) is 4.57 Å². The molecule has 1 rings (SSSR count). The van der Waals surface area contributed by atoms with Crippen molar-refractivity contribution in [1.82, 2.24) is 0 Å². The molecule has 0 heterocycles. The molecule has 0 spiro atoms. The zero-order valence-electron chi connectivity index (χ0n) is 7.36. The molecule has 0 aromatic heterocycles. The number of hydrogen-bond donors (Lipinski definition) is 0. The van der Waals surface area contributed by atoms with E-state index in [2.05, 4.69) is 0 Å². The lowest BCUT2D eigenvalue weighted by molar-refractivity contribution is 0.287. The van der Waals surface area contributed by atoms with Gasteiger partial charge in [-0.2, -0.15) is 0 Å². The van der Waals surface area contributed by atoms with Crippen LogP contribution >= 0.6 is 7.60 Å². The monoisotopic (exact) mass is 204 g/mol. The molecule has 0 saturated carbocycles. The van der Waals surface area contributed by atoms with Gasteiger partial charge in [0.2, 0.25) is 0 Å². The molecule has 3 nitrogen and oxygen atoms in total. The first-order valence-corrected chi connectivity index (χ1v) is 5.14. The molecule has 0 fully saturated rings. The molecular weight excluding hydrogens is 194 g/mol. The van der Waals surface area contributed by atoms with Gasteiger partial charge in [0.25, 0.3) is 0 Å². The summed E-state index contributed by atoms with van der Waals surface area (Å²) in [6, 6.07) is 5.35. The molecule has 5 heteroatoms. The third-order valence-corrected chi connectivity index (χ3v) is 3.48. The van der Waals surface area contributed by atoms with Crippen molar-refractivity contribution in [2.45, 2.75) is 0 Å². The maximum Gasteiger partial charge on any atom is 0.360 e. The lowest BCUT2D eigenvalue weighted by atomic mass is 10.4. The maximum atomic E-state index is 12.7. The number of benzene rings is 1. The molecular formula is C8H10FO3P. The zero-order valence-corrected chi connectivity index (χ0v) is 8.25. The molecule has 0 bridgehead atoms. The first-order valence-electron chi connectivity index (χ1n) is 3.60. The highest BCUT2D eigenvalue weighted by atomic mass is 31.2. The Morgan fingerprint density at radius 3 is 2.38 bits per heavy atom. The van der Waals surface area contributed by atoms with Crippen LogP contribution in [-0.2, 0) is 13.6 Å². The highest BCUT2D eigenvalue weighted by molar-refractivity contribution is 7.62. The highest BCUT2D eigenvalue weighted by Gasteiger charge is 2.24. The largest absolute Gasteiger partial charge is 0.360 e. The Morgan fingerprint density at radius 2 is 1.92 bits per heavy atom. The van der Waals surface area contributed by atoms with E-state index in [1.54, 1.807) is 0 Å². The van der Waals surface area contributed by atoms with Crippen LogP contribution in [0.5, 0.6) is 0 Å². The van der Waals surface area contributed by atoms with Gasteiger partial charge < -0.3 is 9.05 Å². The third-order valence-electron chi connectivity index (χ3n) is 1.61. The minimum absolute atomic E-state index is 0.220. The van der Waals surface area contributed by atoms with Crippen molar-refractivity contribution < 1.29 is 18.0 Å². The fourth-order valence-electron chi connectivity index (χ4n) is 0.932. The first-order chi connectivity index (χ1) is 6.12. The topological polar surface area (TPSA) is 35.5 Å². The van der Waals surface area contributed by atoms with Crippen molar-refractivity contribution >= 4 is 12.9 Å². The third kappa shape index (κ3) is 2.15. The van der Waals surface area contributed by atoms with Gasteiger partial charge in [-0.15, -0.1) is 0 Å². The number of rotatable bonds is 3. The van der Waals surface area contributed by atoms with E-state index in [1.165, 1.54) is 32.4 Å². The van der Waals surface area contributed by atoms with E-state index >= 15 is 0 Å². The van der Waals surface area contributed by atoms with Crippen LogP contribution in [0.4, 0.5) is 4.39 Å². The summed E-state index contributed by atoms with van der Waals surface area (Å²) >= 11 is 0. The quantitative estimate of drug-likeness (QED) is 0.706. The highest BCUT2D eigenvalue weighted by Crippen LogP contribution is 2.44. The average molecular weight is 204 g/mol. The van der Waals surface area contributed by atoms with Gasteiger partial charge in [0, 0.05) is 14.2 Å². The van der Waals surface area contributed by atoms with Crippen LogP contribution in [0.1, 0.15) is 0 Å². The second kappa shape index (κ2) is 4.01. The molecule has 0 unspecified atom stereocenters. The smallest absolute Gasteiger partial charge is 0.309 e. The van der Waals surface area contributed by atoms with Crippen LogP contribution in [0.25, 0.3) is 0 Å². The van der Waals surface area contributed by atoms with E-state index < -0.39 is 13.4 Å². The molecule has 0 atom stereocenters. The average Bonchev–Trinajstić information content (AvgIpc) is 2.17. The van der Waals surface area contributed by atoms with Gasteiger partial charge >= 0.3 is 7.60 Å². The lowest BCUT2D eigenvalue weighted by Crippen LogP contribution is -2.07. The van der Waals surface area contributed by atoms with E-state index in [1.807, 2.05) is 0 Å². The molecule has 72 valence electrons. The minimum atomic E-state index is -3.30. The van der Waals surface area contributed by atoms with Crippen LogP contribution < -0.4 is 5.30 Å². The Bertz CT molecular complexity index is 332. The summed E-state index contributed by atoms with van der Waals surface area (Å²) in [5.74, 6) is -0.466. The summed E-state index contributed by atoms with van der Waals surface area (Å²) in [6.07, 6.45) is 0. The fourth-order valence-corrected chi connectivity index (χ4v) is 2.05. The van der Waals surface area contributed by atoms with Crippen LogP contribution in [0, 0.1) is 5.82 Å². The summed E-state index contributed by atoms with van der Waals surface area (Å²) in [5, 5.41) is 0.220. The molecule has 0 aliphatic heterocycles. The van der Waals surface area contributed by atoms with Gasteiger partial charge in [-0.1, -0.05) is 6.07 Å². The SMILES string of the molecule is COP(=O)(OC)c1cccc(F)c1. The zero-order chi connectivity index (χ0) is 9.90. The molecule has 1 aromatic carbocycles. The van der Waals surface area contributed by atoms with Crippen molar-refractivity contribution in [1.29, 1.82) is 0 Å². The Balaban J connectivity index is 3.13. The lowest BCUT2D eigenvalue weighted by Gasteiger charge is -2.13. The molecule has 0 amide bonds. The van der Waals surface area contributed by atoms with Crippen molar-refractivity contribution in [3.8, 4) is 0 Å². The predicted octanol–water partition coefficient (Wildman–Crippen LogP) is 1.94. The van der Waals surface area contributed by atoms with Gasteiger partial charge in [0.1, 0.15) is 5.82 Å². The van der Waals surface area contributed by atoms with Gasteiger partial charge in [0.05, 0.1) is 5.30 Å². The Labute approximate surface area is 76.0 Å². The molecule has 0 aliphatic rings. The standard InChI is InChI=1S/C8H10FO3P/c1-11-13(10,12-2)8-5-3-4-7(9)6-8/h3-6H,1-2H3. The van der Waals surface area contributed by atoms with Crippen LogP contribution in [0.3, 0.4) is 0 Å². The van der Waals surface area contributed by atoms with Crippen molar-refractivity contribution in [3.05, 3.63) is 30.1 Å². The summed E-state index contributed by atoms with van der Waals surface area (Å²) in [4.78, 5) is 0. The van der Waals surface area contributed by atoms with E-state index in [4.69, 9.17) is 9.05 Å². The minimum Gasteiger partial charge on any atom is -0.309 e. The molecule has 0 saturated heterocycles. The van der Waals surface area contributed by atoms with Crippen LogP contribution in [-0.4, -0.2) is 14.2 Å². The van der Waals surface area contributed by atoms with Crippen LogP contribution in [0.15, 0.2) is 24.3 Å². The van der Waals surface area contributed by atoms with E-state index in [0.717, 1.165) is 6.07 Å². The Morgan fingerprint density at radius 1 is 1.31 bits per heavy atom. The summed E-state index contributed by atoms with van der Waals surface area (Å²) in [5.41, 5.74) is 0. The Hall–Kier alpha value is -0.700. The fraction of sp³-hybridized carbons (Fsp3) is 0.250. The molecule has 0 radical (unpaired) electrons. The predicted molar refractivity (Wildman–Crippen MR) is 47.7 cm³/mol. The van der Waals surface area contributed by atoms with Crippen molar-refractivity contribution in [2.75, 3.05) is 14.2 Å². The second-order valence-corrected chi connectivity index (χ2v) is 4.58. The van der Waals surface area contributed by atoms with Crippen molar-refractivity contribution in [3.63, 3.8) is 0 Å². The van der Waals surface area contributed by atoms with Gasteiger partial charge in [0.15, 0.2) is 0 Å². The molecule has 0 N–H and O–H groups in total. The maximum absolute atomic E-state index is 12.7. The van der Waals surface area contributed by atoms with Crippen molar-refractivity contribution in [2.24, 2.45) is 0 Å². The van der Waals surface area contributed by atoms with Gasteiger partial charge in [-0.05, 0) is 18.2 Å². The van der Waals surface area contributed by atoms with Gasteiger partial charge in [-0.25, -0.2) is 4.39 Å².